The molecule has 7 nitrogen and oxygen atoms in total. The molecule has 2 heterocycles. The third kappa shape index (κ3) is 3.60. The van der Waals surface area contributed by atoms with Crippen molar-refractivity contribution < 1.29 is 4.79 Å². The van der Waals surface area contributed by atoms with Crippen LogP contribution in [0.3, 0.4) is 0 Å². The van der Waals surface area contributed by atoms with Crippen LogP contribution in [0.5, 0.6) is 0 Å². The largest absolute Gasteiger partial charge is 0.355 e. The van der Waals surface area contributed by atoms with Crippen LogP contribution in [0.25, 0.3) is 11.4 Å². The molecule has 0 spiro atoms. The van der Waals surface area contributed by atoms with Gasteiger partial charge in [-0.15, -0.1) is 0 Å². The van der Waals surface area contributed by atoms with Crippen molar-refractivity contribution in [3.63, 3.8) is 0 Å². The fourth-order valence-electron chi connectivity index (χ4n) is 3.81. The molecule has 0 unspecified atom stereocenters. The summed E-state index contributed by atoms with van der Waals surface area (Å²) in [4.78, 5) is 25.2. The number of carbonyl (C=O) groups is 1. The summed E-state index contributed by atoms with van der Waals surface area (Å²) in [6, 6.07) is 9.64. The highest BCUT2D eigenvalue weighted by molar-refractivity contribution is 5.94. The second-order valence-corrected chi connectivity index (χ2v) is 7.05. The third-order valence-electron chi connectivity index (χ3n) is 5.22. The van der Waals surface area contributed by atoms with Gasteiger partial charge in [-0.1, -0.05) is 12.8 Å². The van der Waals surface area contributed by atoms with Crippen molar-refractivity contribution in [1.29, 1.82) is 0 Å². The first kappa shape index (κ1) is 18.2. The maximum atomic E-state index is 11.7. The van der Waals surface area contributed by atoms with Crippen molar-refractivity contribution in [1.82, 2.24) is 24.8 Å². The van der Waals surface area contributed by atoms with Crippen LogP contribution in [0.15, 0.2) is 42.7 Å². The average Bonchev–Trinajstić information content (AvgIpc) is 3.37. The van der Waals surface area contributed by atoms with Crippen LogP contribution >= 0.6 is 0 Å². The number of nitrogens with zero attached hydrogens (tertiary/aromatic N) is 4. The van der Waals surface area contributed by atoms with Gasteiger partial charge in [0.1, 0.15) is 5.82 Å². The number of rotatable bonds is 5. The lowest BCUT2D eigenvalue weighted by Gasteiger charge is -2.17. The smallest absolute Gasteiger partial charge is 0.251 e. The monoisotopic (exact) mass is 376 g/mol. The molecule has 0 bridgehead atoms. The molecule has 144 valence electrons. The Hall–Kier alpha value is -3.22. The molecular formula is C21H24N6O. The summed E-state index contributed by atoms with van der Waals surface area (Å²) in [7, 11) is 1.62. The van der Waals surface area contributed by atoms with Crippen LogP contribution < -0.4 is 10.6 Å². The molecule has 1 aromatic carbocycles. The van der Waals surface area contributed by atoms with Crippen molar-refractivity contribution >= 4 is 17.5 Å². The van der Waals surface area contributed by atoms with Crippen LogP contribution in [0.4, 0.5) is 11.6 Å². The fraction of sp³-hybridized carbons (Fsp3) is 0.333. The van der Waals surface area contributed by atoms with Crippen LogP contribution in [0.2, 0.25) is 0 Å². The van der Waals surface area contributed by atoms with Gasteiger partial charge in [-0.3, -0.25) is 4.79 Å². The number of carbonyl (C=O) groups excluding carboxylic acids is 1. The number of aryl methyl sites for hydroxylation is 1. The zero-order chi connectivity index (χ0) is 19.5. The van der Waals surface area contributed by atoms with Gasteiger partial charge < -0.3 is 15.2 Å². The SMILES string of the molecule is CNC(=O)c1ccc(Nc2nccc(-c3cnc(C)n3C3CCCC3)n2)cc1. The maximum Gasteiger partial charge on any atom is 0.251 e. The molecule has 0 saturated heterocycles. The molecule has 7 heteroatoms. The molecule has 3 aromatic rings. The molecule has 2 N–H and O–H groups in total. The Morgan fingerprint density at radius 2 is 1.86 bits per heavy atom. The Bertz CT molecular complexity index is 973. The van der Waals surface area contributed by atoms with Gasteiger partial charge in [-0.25, -0.2) is 15.0 Å². The van der Waals surface area contributed by atoms with Gasteiger partial charge in [0, 0.05) is 30.5 Å². The number of anilines is 2. The van der Waals surface area contributed by atoms with Crippen molar-refractivity contribution in [2.45, 2.75) is 38.6 Å². The summed E-state index contributed by atoms with van der Waals surface area (Å²) < 4.78 is 2.32. The van der Waals surface area contributed by atoms with E-state index < -0.39 is 0 Å². The van der Waals surface area contributed by atoms with E-state index in [0.29, 0.717) is 17.6 Å². The Morgan fingerprint density at radius 1 is 1.11 bits per heavy atom. The first-order valence-corrected chi connectivity index (χ1v) is 9.62. The van der Waals surface area contributed by atoms with Gasteiger partial charge in [-0.05, 0) is 50.1 Å². The topological polar surface area (TPSA) is 84.7 Å². The highest BCUT2D eigenvalue weighted by Crippen LogP contribution is 2.34. The van der Waals surface area contributed by atoms with E-state index in [-0.39, 0.29) is 5.91 Å². The molecule has 4 rings (SSSR count). The minimum atomic E-state index is -0.111. The van der Waals surface area contributed by atoms with E-state index in [0.717, 1.165) is 22.9 Å². The van der Waals surface area contributed by atoms with Crippen LogP contribution in [-0.2, 0) is 0 Å². The quantitative estimate of drug-likeness (QED) is 0.706. The van der Waals surface area contributed by atoms with E-state index in [2.05, 4.69) is 32.1 Å². The molecule has 1 aliphatic carbocycles. The third-order valence-corrected chi connectivity index (χ3v) is 5.22. The number of benzene rings is 1. The predicted molar refractivity (Wildman–Crippen MR) is 109 cm³/mol. The number of aromatic nitrogens is 4. The Morgan fingerprint density at radius 3 is 2.57 bits per heavy atom. The minimum Gasteiger partial charge on any atom is -0.355 e. The second kappa shape index (κ2) is 7.80. The fourth-order valence-corrected chi connectivity index (χ4v) is 3.81. The molecule has 0 atom stereocenters. The van der Waals surface area contributed by atoms with Gasteiger partial charge in [-0.2, -0.15) is 0 Å². The first-order chi connectivity index (χ1) is 13.7. The van der Waals surface area contributed by atoms with Crippen molar-refractivity contribution in [2.75, 3.05) is 12.4 Å². The van der Waals surface area contributed by atoms with E-state index in [4.69, 9.17) is 4.98 Å². The second-order valence-electron chi connectivity index (χ2n) is 7.05. The molecule has 28 heavy (non-hydrogen) atoms. The Balaban J connectivity index is 1.58. The minimum absolute atomic E-state index is 0.111. The van der Waals surface area contributed by atoms with E-state index in [1.54, 1.807) is 25.4 Å². The van der Waals surface area contributed by atoms with Crippen LogP contribution in [0.1, 0.15) is 47.9 Å². The highest BCUT2D eigenvalue weighted by Gasteiger charge is 2.22. The number of hydrogen-bond donors (Lipinski definition) is 2. The number of nitrogens with one attached hydrogen (secondary N) is 2. The Labute approximate surface area is 164 Å². The van der Waals surface area contributed by atoms with E-state index in [9.17, 15) is 4.79 Å². The first-order valence-electron chi connectivity index (χ1n) is 9.62. The summed E-state index contributed by atoms with van der Waals surface area (Å²) in [5.41, 5.74) is 3.32. The predicted octanol–water partition coefficient (Wildman–Crippen LogP) is 3.87. The summed E-state index contributed by atoms with van der Waals surface area (Å²) >= 11 is 0. The lowest BCUT2D eigenvalue weighted by molar-refractivity contribution is 0.0963. The van der Waals surface area contributed by atoms with Gasteiger partial charge in [0.05, 0.1) is 17.6 Å². The van der Waals surface area contributed by atoms with E-state index >= 15 is 0 Å². The normalized spacial score (nSPS) is 14.2. The van der Waals surface area contributed by atoms with Gasteiger partial charge in [0.25, 0.3) is 5.91 Å². The lowest BCUT2D eigenvalue weighted by Crippen LogP contribution is -2.17. The molecule has 2 aromatic heterocycles. The molecule has 1 amide bonds. The van der Waals surface area contributed by atoms with Crippen LogP contribution in [-0.4, -0.2) is 32.5 Å². The van der Waals surface area contributed by atoms with Gasteiger partial charge in [0.15, 0.2) is 0 Å². The summed E-state index contributed by atoms with van der Waals surface area (Å²) in [5.74, 6) is 1.43. The van der Waals surface area contributed by atoms with E-state index in [1.165, 1.54) is 25.7 Å². The molecular weight excluding hydrogens is 352 g/mol. The molecule has 1 saturated carbocycles. The maximum absolute atomic E-state index is 11.7. The Kier molecular flexibility index (Phi) is 5.06. The van der Waals surface area contributed by atoms with Crippen molar-refractivity contribution in [2.24, 2.45) is 0 Å². The average molecular weight is 376 g/mol. The molecule has 1 fully saturated rings. The van der Waals surface area contributed by atoms with Gasteiger partial charge >= 0.3 is 0 Å². The highest BCUT2D eigenvalue weighted by atomic mass is 16.1. The summed E-state index contributed by atoms with van der Waals surface area (Å²) in [6.45, 7) is 2.05. The summed E-state index contributed by atoms with van der Waals surface area (Å²) in [6.07, 6.45) is 8.58. The zero-order valence-electron chi connectivity index (χ0n) is 16.1. The van der Waals surface area contributed by atoms with Crippen LogP contribution in [0, 0.1) is 6.92 Å². The molecule has 0 radical (unpaired) electrons. The number of hydrogen-bond acceptors (Lipinski definition) is 5. The van der Waals surface area contributed by atoms with Crippen molar-refractivity contribution in [3.8, 4) is 11.4 Å². The molecule has 1 aliphatic rings. The standard InChI is InChI=1S/C21H24N6O/c1-14-24-13-19(27(14)17-5-3-4-6-17)18-11-12-23-21(26-18)25-16-9-7-15(8-10-16)20(28)22-2/h7-13,17H,3-6H2,1-2H3,(H,22,28)(H,23,25,26). The lowest BCUT2D eigenvalue weighted by atomic mass is 10.2. The zero-order valence-corrected chi connectivity index (χ0v) is 16.1. The van der Waals surface area contributed by atoms with Crippen molar-refractivity contribution in [3.05, 3.63) is 54.1 Å². The van der Waals surface area contributed by atoms with Gasteiger partial charge in [0.2, 0.25) is 5.95 Å². The number of imidazole rings is 1. The molecule has 0 aliphatic heterocycles. The van der Waals surface area contributed by atoms with E-state index in [1.807, 2.05) is 24.4 Å². The summed E-state index contributed by atoms with van der Waals surface area (Å²) in [5, 5.41) is 5.82. The number of amides is 1.